The maximum atomic E-state index is 13.1. The predicted molar refractivity (Wildman–Crippen MR) is 133 cm³/mol. The summed E-state index contributed by atoms with van der Waals surface area (Å²) in [5.41, 5.74) is 4.45. The van der Waals surface area contributed by atoms with E-state index in [-0.39, 0.29) is 22.7 Å². The molecule has 0 atom stereocenters. The zero-order chi connectivity index (χ0) is 23.8. The van der Waals surface area contributed by atoms with Gasteiger partial charge >= 0.3 is 5.97 Å². The van der Waals surface area contributed by atoms with Gasteiger partial charge in [0.1, 0.15) is 5.00 Å². The first kappa shape index (κ1) is 23.7. The minimum Gasteiger partial charge on any atom is -0.462 e. The minimum atomic E-state index is -0.361. The van der Waals surface area contributed by atoms with E-state index in [2.05, 4.69) is 39.1 Å². The van der Waals surface area contributed by atoms with Crippen molar-refractivity contribution in [3.8, 4) is 0 Å². The molecule has 33 heavy (non-hydrogen) atoms. The van der Waals surface area contributed by atoms with Crippen LogP contribution in [0.1, 0.15) is 84.2 Å². The zero-order valence-electron chi connectivity index (χ0n) is 20.2. The Morgan fingerprint density at radius 2 is 1.88 bits per heavy atom. The number of hydrogen-bond donors (Lipinski definition) is 1. The van der Waals surface area contributed by atoms with Gasteiger partial charge in [0, 0.05) is 10.4 Å². The number of carbonyl (C=O) groups is 2. The number of esters is 1. The van der Waals surface area contributed by atoms with Crippen LogP contribution in [0.2, 0.25) is 0 Å². The molecule has 0 saturated carbocycles. The Balaban J connectivity index is 1.65. The van der Waals surface area contributed by atoms with Crippen LogP contribution >= 0.6 is 11.3 Å². The molecule has 1 amide bonds. The first-order valence-electron chi connectivity index (χ1n) is 11.6. The summed E-state index contributed by atoms with van der Waals surface area (Å²) in [5.74, 6) is -0.579. The summed E-state index contributed by atoms with van der Waals surface area (Å²) in [6.45, 7) is 12.4. The Labute approximate surface area is 200 Å². The highest BCUT2D eigenvalue weighted by Gasteiger charge is 2.42. The molecule has 6 heteroatoms. The summed E-state index contributed by atoms with van der Waals surface area (Å²) >= 11 is 1.52. The molecular formula is C27H33NO4S. The number of amides is 1. The Hall–Kier alpha value is -2.44. The largest absolute Gasteiger partial charge is 0.462 e. The van der Waals surface area contributed by atoms with Crippen LogP contribution in [-0.2, 0) is 21.3 Å². The van der Waals surface area contributed by atoms with E-state index in [1.165, 1.54) is 21.8 Å². The van der Waals surface area contributed by atoms with Crippen LogP contribution in [0.5, 0.6) is 0 Å². The second-order valence-corrected chi connectivity index (χ2v) is 11.3. The van der Waals surface area contributed by atoms with Crippen LogP contribution in [0.25, 0.3) is 5.57 Å². The molecule has 1 aromatic heterocycles. The van der Waals surface area contributed by atoms with Gasteiger partial charge in [-0.2, -0.15) is 0 Å². The fourth-order valence-electron chi connectivity index (χ4n) is 5.31. The molecule has 0 radical (unpaired) electrons. The van der Waals surface area contributed by atoms with E-state index in [9.17, 15) is 9.59 Å². The highest BCUT2D eigenvalue weighted by atomic mass is 32.1. The van der Waals surface area contributed by atoms with Crippen molar-refractivity contribution in [2.24, 2.45) is 5.41 Å². The maximum absolute atomic E-state index is 13.1. The van der Waals surface area contributed by atoms with Gasteiger partial charge in [0.05, 0.1) is 25.4 Å². The quantitative estimate of drug-likeness (QED) is 0.529. The van der Waals surface area contributed by atoms with E-state index in [0.29, 0.717) is 29.3 Å². The third-order valence-corrected chi connectivity index (χ3v) is 7.90. The Kier molecular flexibility index (Phi) is 6.52. The maximum Gasteiger partial charge on any atom is 0.341 e. The van der Waals surface area contributed by atoms with Crippen LogP contribution in [0, 0.1) is 5.41 Å². The summed E-state index contributed by atoms with van der Waals surface area (Å²) in [4.78, 5) is 27.3. The number of carbonyl (C=O) groups excluding carboxylic acids is 2. The van der Waals surface area contributed by atoms with Crippen LogP contribution in [0.4, 0.5) is 5.00 Å². The standard InChI is InChI=1S/C27H33NO4S/c1-6-32-25(30)21-20-15-26(2,3)16-27(4,5)22(20)33-24(21)28-23(29)19-9-7-17(8-10-19)18-11-13-31-14-12-18/h7-11H,6,12-16H2,1-5H3,(H,28,29). The van der Waals surface area contributed by atoms with E-state index < -0.39 is 0 Å². The van der Waals surface area contributed by atoms with Gasteiger partial charge in [0.2, 0.25) is 0 Å². The van der Waals surface area contributed by atoms with Gasteiger partial charge < -0.3 is 14.8 Å². The number of hydrogen-bond acceptors (Lipinski definition) is 5. The first-order valence-corrected chi connectivity index (χ1v) is 12.4. The Bertz CT molecular complexity index is 1090. The lowest BCUT2D eigenvalue weighted by Crippen LogP contribution is -2.34. The van der Waals surface area contributed by atoms with Crippen molar-refractivity contribution in [2.75, 3.05) is 25.1 Å². The number of anilines is 1. The van der Waals surface area contributed by atoms with Gasteiger partial charge in [0.25, 0.3) is 5.91 Å². The molecule has 0 unspecified atom stereocenters. The summed E-state index contributed by atoms with van der Waals surface area (Å²) < 4.78 is 10.8. The minimum absolute atomic E-state index is 0.0643. The molecular weight excluding hydrogens is 434 g/mol. The van der Waals surface area contributed by atoms with Crippen LogP contribution in [-0.4, -0.2) is 31.7 Å². The SMILES string of the molecule is CCOC(=O)c1c(NC(=O)c2ccc(C3=CCOCC3)cc2)sc2c1CC(C)(C)CC2(C)C. The molecule has 0 spiro atoms. The zero-order valence-corrected chi connectivity index (χ0v) is 21.0. The van der Waals surface area contributed by atoms with Crippen molar-refractivity contribution in [3.05, 3.63) is 57.5 Å². The molecule has 4 rings (SSSR count). The number of thiophene rings is 1. The van der Waals surface area contributed by atoms with Gasteiger partial charge in [-0.05, 0) is 65.8 Å². The normalized spacial score (nSPS) is 18.8. The van der Waals surface area contributed by atoms with E-state index in [0.717, 1.165) is 37.0 Å². The molecule has 5 nitrogen and oxygen atoms in total. The molecule has 1 aliphatic heterocycles. The van der Waals surface area contributed by atoms with Gasteiger partial charge in [-0.25, -0.2) is 4.79 Å². The molecule has 2 aliphatic rings. The average Bonchev–Trinajstić information content (AvgIpc) is 3.11. The molecule has 0 saturated heterocycles. The van der Waals surface area contributed by atoms with Crippen LogP contribution in [0.3, 0.4) is 0 Å². The summed E-state index contributed by atoms with van der Waals surface area (Å²) in [6, 6.07) is 7.63. The van der Waals surface area contributed by atoms with Crippen molar-refractivity contribution in [1.29, 1.82) is 0 Å². The Morgan fingerprint density at radius 3 is 2.52 bits per heavy atom. The van der Waals surface area contributed by atoms with Crippen LogP contribution < -0.4 is 5.32 Å². The van der Waals surface area contributed by atoms with Crippen molar-refractivity contribution in [1.82, 2.24) is 0 Å². The molecule has 1 N–H and O–H groups in total. The second-order valence-electron chi connectivity index (χ2n) is 10.3. The van der Waals surface area contributed by atoms with Gasteiger partial charge in [-0.3, -0.25) is 4.79 Å². The monoisotopic (exact) mass is 467 g/mol. The molecule has 1 aliphatic carbocycles. The average molecular weight is 468 g/mol. The molecule has 176 valence electrons. The van der Waals surface area contributed by atoms with E-state index in [1.807, 2.05) is 24.3 Å². The summed E-state index contributed by atoms with van der Waals surface area (Å²) in [5, 5.41) is 3.62. The topological polar surface area (TPSA) is 64.6 Å². The predicted octanol–water partition coefficient (Wildman–Crippen LogP) is 6.23. The fraction of sp³-hybridized carbons (Fsp3) is 0.481. The van der Waals surface area contributed by atoms with Crippen molar-refractivity contribution < 1.29 is 19.1 Å². The highest BCUT2D eigenvalue weighted by Crippen LogP contribution is 2.52. The summed E-state index contributed by atoms with van der Waals surface area (Å²) in [7, 11) is 0. The summed E-state index contributed by atoms with van der Waals surface area (Å²) in [6.07, 6.45) is 4.77. The third-order valence-electron chi connectivity index (χ3n) is 6.39. The molecule has 1 aromatic carbocycles. The number of rotatable bonds is 5. The van der Waals surface area contributed by atoms with E-state index in [1.54, 1.807) is 6.92 Å². The highest BCUT2D eigenvalue weighted by molar-refractivity contribution is 7.17. The molecule has 0 bridgehead atoms. The number of ether oxygens (including phenoxy) is 2. The fourth-order valence-corrected chi connectivity index (χ4v) is 6.61. The smallest absolute Gasteiger partial charge is 0.341 e. The van der Waals surface area contributed by atoms with Gasteiger partial charge in [0.15, 0.2) is 0 Å². The van der Waals surface area contributed by atoms with Crippen LogP contribution in [0.15, 0.2) is 30.3 Å². The lowest BCUT2D eigenvalue weighted by Gasteiger charge is -2.40. The van der Waals surface area contributed by atoms with Crippen molar-refractivity contribution >= 4 is 33.8 Å². The van der Waals surface area contributed by atoms with Crippen molar-refractivity contribution in [3.63, 3.8) is 0 Å². The van der Waals surface area contributed by atoms with E-state index >= 15 is 0 Å². The molecule has 2 heterocycles. The third kappa shape index (κ3) is 4.92. The number of benzene rings is 1. The van der Waals surface area contributed by atoms with Gasteiger partial charge in [-0.1, -0.05) is 45.9 Å². The lowest BCUT2D eigenvalue weighted by atomic mass is 9.65. The van der Waals surface area contributed by atoms with Gasteiger partial charge in [-0.15, -0.1) is 11.3 Å². The number of fused-ring (bicyclic) bond motifs is 1. The molecule has 2 aromatic rings. The van der Waals surface area contributed by atoms with Crippen molar-refractivity contribution in [2.45, 2.75) is 59.3 Å². The first-order chi connectivity index (χ1) is 15.6. The number of nitrogens with one attached hydrogen (secondary N) is 1. The Morgan fingerprint density at radius 1 is 1.15 bits per heavy atom. The second kappa shape index (κ2) is 9.07. The molecule has 0 fully saturated rings. The van der Waals surface area contributed by atoms with E-state index in [4.69, 9.17) is 9.47 Å². The lowest BCUT2D eigenvalue weighted by molar-refractivity contribution is 0.0525.